The summed E-state index contributed by atoms with van der Waals surface area (Å²) in [6.07, 6.45) is 2.06. The minimum atomic E-state index is -0.518. The van der Waals surface area contributed by atoms with Crippen LogP contribution in [0.2, 0.25) is 0 Å². The summed E-state index contributed by atoms with van der Waals surface area (Å²) < 4.78 is 0. The summed E-state index contributed by atoms with van der Waals surface area (Å²) in [7, 11) is 0. The normalized spacial score (nSPS) is 15.7. The van der Waals surface area contributed by atoms with Crippen molar-refractivity contribution in [2.24, 2.45) is 11.7 Å². The van der Waals surface area contributed by atoms with Crippen molar-refractivity contribution in [1.82, 2.24) is 25.1 Å². The average molecular weight is 442 g/mol. The van der Waals surface area contributed by atoms with Crippen LogP contribution in [-0.2, 0) is 11.3 Å². The number of hydrogen-bond donors (Lipinski definition) is 3. The van der Waals surface area contributed by atoms with E-state index in [0.29, 0.717) is 31.3 Å². The molecule has 9 heteroatoms. The van der Waals surface area contributed by atoms with Gasteiger partial charge in [-0.05, 0) is 24.5 Å². The van der Waals surface area contributed by atoms with E-state index in [-0.39, 0.29) is 11.9 Å². The van der Waals surface area contributed by atoms with E-state index in [0.717, 1.165) is 43.4 Å². The van der Waals surface area contributed by atoms with Crippen LogP contribution in [-0.4, -0.2) is 70.5 Å². The number of fused-ring (bicyclic) bond motifs is 1. The summed E-state index contributed by atoms with van der Waals surface area (Å²) in [6, 6.07) is 7.24. The lowest BCUT2D eigenvalue weighted by Gasteiger charge is -2.34. The van der Waals surface area contributed by atoms with Crippen LogP contribution in [0.4, 0.5) is 10.6 Å². The fourth-order valence-corrected chi connectivity index (χ4v) is 3.81. The van der Waals surface area contributed by atoms with Crippen molar-refractivity contribution in [3.05, 3.63) is 30.1 Å². The van der Waals surface area contributed by atoms with Gasteiger partial charge in [0.05, 0.1) is 12.1 Å². The Kier molecular flexibility index (Phi) is 8.21. The van der Waals surface area contributed by atoms with Gasteiger partial charge in [0.15, 0.2) is 0 Å². The minimum Gasteiger partial charge on any atom is -0.368 e. The Morgan fingerprint density at radius 2 is 1.84 bits per heavy atom. The molecule has 1 saturated heterocycles. The Bertz CT molecular complexity index is 926. The van der Waals surface area contributed by atoms with E-state index >= 15 is 0 Å². The molecule has 2 aromatic rings. The Morgan fingerprint density at radius 1 is 1.12 bits per heavy atom. The second kappa shape index (κ2) is 11.1. The van der Waals surface area contributed by atoms with Crippen molar-refractivity contribution in [2.45, 2.75) is 46.2 Å². The molecule has 0 aliphatic carbocycles. The highest BCUT2D eigenvalue weighted by molar-refractivity contribution is 5.91. The molecule has 1 aromatic carbocycles. The summed E-state index contributed by atoms with van der Waals surface area (Å²) >= 11 is 0. The van der Waals surface area contributed by atoms with Gasteiger partial charge in [0.25, 0.3) is 0 Å². The van der Waals surface area contributed by atoms with E-state index in [1.165, 1.54) is 0 Å². The number of carbonyl (C=O) groups is 2. The number of carbonyl (C=O) groups excluding carboxylic acids is 2. The number of benzene rings is 1. The van der Waals surface area contributed by atoms with Crippen LogP contribution in [0.25, 0.3) is 10.9 Å². The van der Waals surface area contributed by atoms with Crippen molar-refractivity contribution in [1.29, 1.82) is 0 Å². The first-order chi connectivity index (χ1) is 15.4. The molecule has 9 nitrogen and oxygen atoms in total. The van der Waals surface area contributed by atoms with Gasteiger partial charge in [0.1, 0.15) is 17.7 Å². The summed E-state index contributed by atoms with van der Waals surface area (Å²) in [4.78, 5) is 37.8. The molecule has 3 rings (SSSR count). The van der Waals surface area contributed by atoms with Crippen LogP contribution in [0.3, 0.4) is 0 Å². The highest BCUT2D eigenvalue weighted by Gasteiger charge is 2.24. The highest BCUT2D eigenvalue weighted by atomic mass is 16.2. The molecule has 0 spiro atoms. The van der Waals surface area contributed by atoms with Gasteiger partial charge in [0, 0.05) is 38.1 Å². The Morgan fingerprint density at radius 3 is 2.50 bits per heavy atom. The topological polar surface area (TPSA) is 116 Å². The fourth-order valence-electron chi connectivity index (χ4n) is 3.81. The van der Waals surface area contributed by atoms with E-state index in [1.54, 1.807) is 0 Å². The van der Waals surface area contributed by atoms with Gasteiger partial charge < -0.3 is 21.3 Å². The van der Waals surface area contributed by atoms with Crippen LogP contribution in [0.5, 0.6) is 0 Å². The summed E-state index contributed by atoms with van der Waals surface area (Å²) in [5.41, 5.74) is 6.42. The zero-order chi connectivity index (χ0) is 23.1. The van der Waals surface area contributed by atoms with Crippen LogP contribution in [0.15, 0.2) is 24.3 Å². The molecule has 174 valence electrons. The number of unbranched alkanes of at least 4 members (excludes halogenated alkanes) is 1. The molecule has 4 N–H and O–H groups in total. The Labute approximate surface area is 189 Å². The predicted octanol–water partition coefficient (Wildman–Crippen LogP) is 2.18. The van der Waals surface area contributed by atoms with E-state index in [1.807, 2.05) is 43.0 Å². The summed E-state index contributed by atoms with van der Waals surface area (Å²) in [5, 5.41) is 7.08. The van der Waals surface area contributed by atoms with Crippen molar-refractivity contribution < 1.29 is 9.59 Å². The molecule has 0 radical (unpaired) electrons. The number of nitrogens with zero attached hydrogens (tertiary/aromatic N) is 4. The number of anilines is 1. The number of nitrogens with two attached hydrogens (primary N) is 1. The molecule has 0 unspecified atom stereocenters. The third-order valence-corrected chi connectivity index (χ3v) is 5.75. The van der Waals surface area contributed by atoms with Gasteiger partial charge in [-0.1, -0.05) is 39.3 Å². The Balaban J connectivity index is 1.69. The van der Waals surface area contributed by atoms with Gasteiger partial charge >= 0.3 is 6.03 Å². The predicted molar refractivity (Wildman–Crippen MR) is 126 cm³/mol. The first kappa shape index (κ1) is 23.7. The second-order valence-electron chi connectivity index (χ2n) is 8.62. The van der Waals surface area contributed by atoms with E-state index in [2.05, 4.69) is 22.5 Å². The molecule has 1 aliphatic rings. The maximum atomic E-state index is 12.3. The Hall–Kier alpha value is -2.94. The number of primary amides is 1. The average Bonchev–Trinajstić information content (AvgIpc) is 2.77. The van der Waals surface area contributed by atoms with Crippen molar-refractivity contribution in [3.8, 4) is 0 Å². The standard InChI is InChI=1S/C23H35N7O2/c1-4-5-10-25-23(32)30-13-11-29(12-14-30)15-19-26-18-9-7-6-8-17(18)22(27-19)28-20(16(2)3)21(24)31/h6-9,16,20H,4-5,10-15H2,1-3H3,(H2,24,31)(H,25,32)(H,26,27,28)/t20-/m0/s1. The third kappa shape index (κ3) is 6.06. The lowest BCUT2D eigenvalue weighted by atomic mass is 10.0. The zero-order valence-corrected chi connectivity index (χ0v) is 19.3. The quantitative estimate of drug-likeness (QED) is 0.514. The summed E-state index contributed by atoms with van der Waals surface area (Å²) in [5.74, 6) is 0.926. The van der Waals surface area contributed by atoms with E-state index < -0.39 is 11.9 Å². The lowest BCUT2D eigenvalue weighted by molar-refractivity contribution is -0.119. The number of aromatic nitrogens is 2. The van der Waals surface area contributed by atoms with Crippen molar-refractivity contribution >= 4 is 28.7 Å². The van der Waals surface area contributed by atoms with Crippen LogP contribution in [0, 0.1) is 5.92 Å². The fraction of sp³-hybridized carbons (Fsp3) is 0.565. The summed E-state index contributed by atoms with van der Waals surface area (Å²) in [6.45, 7) is 10.2. The molecule has 1 aromatic heterocycles. The number of piperazine rings is 1. The smallest absolute Gasteiger partial charge is 0.317 e. The van der Waals surface area contributed by atoms with E-state index in [4.69, 9.17) is 15.7 Å². The first-order valence-electron chi connectivity index (χ1n) is 11.5. The van der Waals surface area contributed by atoms with Crippen LogP contribution >= 0.6 is 0 Å². The third-order valence-electron chi connectivity index (χ3n) is 5.75. The second-order valence-corrected chi connectivity index (χ2v) is 8.62. The molecule has 2 heterocycles. The molecule has 3 amide bonds. The zero-order valence-electron chi connectivity index (χ0n) is 19.3. The molecular formula is C23H35N7O2. The molecule has 0 bridgehead atoms. The van der Waals surface area contributed by atoms with Gasteiger partial charge in [-0.15, -0.1) is 0 Å². The number of nitrogens with one attached hydrogen (secondary N) is 2. The molecule has 1 aliphatic heterocycles. The van der Waals surface area contributed by atoms with Gasteiger partial charge in [-0.2, -0.15) is 0 Å². The number of para-hydroxylation sites is 1. The van der Waals surface area contributed by atoms with Crippen molar-refractivity contribution in [3.63, 3.8) is 0 Å². The van der Waals surface area contributed by atoms with E-state index in [9.17, 15) is 9.59 Å². The monoisotopic (exact) mass is 441 g/mol. The maximum Gasteiger partial charge on any atom is 0.317 e. The SMILES string of the molecule is CCCCNC(=O)N1CCN(Cc2nc(N[C@H](C(N)=O)C(C)C)c3ccccc3n2)CC1. The number of urea groups is 1. The molecule has 1 fully saturated rings. The first-order valence-corrected chi connectivity index (χ1v) is 11.5. The van der Waals surface area contributed by atoms with Crippen LogP contribution < -0.4 is 16.4 Å². The lowest BCUT2D eigenvalue weighted by Crippen LogP contribution is -2.51. The number of hydrogen-bond acceptors (Lipinski definition) is 6. The number of amides is 3. The van der Waals surface area contributed by atoms with Gasteiger partial charge in [-0.25, -0.2) is 14.8 Å². The van der Waals surface area contributed by atoms with Crippen molar-refractivity contribution in [2.75, 3.05) is 38.0 Å². The molecule has 1 atom stereocenters. The number of rotatable bonds is 9. The van der Waals surface area contributed by atoms with Gasteiger partial charge in [-0.3, -0.25) is 9.69 Å². The molecular weight excluding hydrogens is 406 g/mol. The molecule has 32 heavy (non-hydrogen) atoms. The van der Waals surface area contributed by atoms with Crippen LogP contribution in [0.1, 0.15) is 39.4 Å². The van der Waals surface area contributed by atoms with Gasteiger partial charge in [0.2, 0.25) is 5.91 Å². The largest absolute Gasteiger partial charge is 0.368 e. The molecule has 0 saturated carbocycles. The maximum absolute atomic E-state index is 12.3. The minimum absolute atomic E-state index is 0.0118. The highest BCUT2D eigenvalue weighted by Crippen LogP contribution is 2.23.